The number of hydrogen-bond acceptors (Lipinski definition) is 2. The summed E-state index contributed by atoms with van der Waals surface area (Å²) in [6.45, 7) is 9.91. The lowest BCUT2D eigenvalue weighted by Crippen LogP contribution is -2.28. The van der Waals surface area contributed by atoms with Gasteiger partial charge in [-0.3, -0.25) is 4.90 Å². The Balaban J connectivity index is 1.89. The summed E-state index contributed by atoms with van der Waals surface area (Å²) < 4.78 is 0. The van der Waals surface area contributed by atoms with Crippen molar-refractivity contribution in [1.29, 1.82) is 0 Å². The first-order valence-electron chi connectivity index (χ1n) is 7.44. The highest BCUT2D eigenvalue weighted by Gasteiger charge is 2.10. The Morgan fingerprint density at radius 2 is 2.11 bits per heavy atom. The molecule has 2 heteroatoms. The molecule has 2 nitrogen and oxygen atoms in total. The van der Waals surface area contributed by atoms with E-state index in [0.717, 1.165) is 26.2 Å². The van der Waals surface area contributed by atoms with Crippen LogP contribution in [0.25, 0.3) is 0 Å². The highest BCUT2D eigenvalue weighted by molar-refractivity contribution is 5.23. The zero-order chi connectivity index (χ0) is 13.5. The normalized spacial score (nSPS) is 16.4. The monoisotopic (exact) mass is 258 g/mol. The Labute approximate surface area is 117 Å². The molecule has 0 bridgehead atoms. The lowest BCUT2D eigenvalue weighted by Gasteiger charge is -2.26. The van der Waals surface area contributed by atoms with Crippen LogP contribution in [-0.4, -0.2) is 24.5 Å². The second kappa shape index (κ2) is 7.46. The van der Waals surface area contributed by atoms with Gasteiger partial charge in [-0.2, -0.15) is 0 Å². The largest absolute Gasteiger partial charge is 0.313 e. The van der Waals surface area contributed by atoms with Gasteiger partial charge in [0.05, 0.1) is 0 Å². The van der Waals surface area contributed by atoms with E-state index in [4.69, 9.17) is 0 Å². The van der Waals surface area contributed by atoms with E-state index in [9.17, 15) is 0 Å². The highest BCUT2D eigenvalue weighted by atomic mass is 15.1. The fourth-order valence-electron chi connectivity index (χ4n) is 2.63. The Bertz CT molecular complexity index is 423. The molecule has 1 N–H and O–H groups in total. The van der Waals surface area contributed by atoms with Crippen LogP contribution >= 0.6 is 0 Å². The van der Waals surface area contributed by atoms with Gasteiger partial charge in [0.25, 0.3) is 0 Å². The summed E-state index contributed by atoms with van der Waals surface area (Å²) in [7, 11) is 0. The lowest BCUT2D eigenvalue weighted by molar-refractivity contribution is 0.282. The number of hydrogen-bond donors (Lipinski definition) is 1. The fourth-order valence-corrected chi connectivity index (χ4v) is 2.63. The molecule has 0 unspecified atom stereocenters. The molecule has 0 saturated heterocycles. The molecule has 0 aromatic heterocycles. The molecule has 0 atom stereocenters. The van der Waals surface area contributed by atoms with Crippen molar-refractivity contribution in [3.05, 3.63) is 47.0 Å². The van der Waals surface area contributed by atoms with E-state index in [-0.39, 0.29) is 0 Å². The minimum atomic E-state index is 0.987. The van der Waals surface area contributed by atoms with E-state index in [1.165, 1.54) is 36.1 Å². The number of rotatable bonds is 6. The maximum atomic E-state index is 3.47. The van der Waals surface area contributed by atoms with E-state index < -0.39 is 0 Å². The van der Waals surface area contributed by atoms with Gasteiger partial charge in [-0.05, 0) is 37.4 Å². The molecule has 1 aliphatic rings. The fraction of sp³-hybridized carbons (Fsp3) is 0.529. The quantitative estimate of drug-likeness (QED) is 0.622. The molecule has 0 fully saturated rings. The summed E-state index contributed by atoms with van der Waals surface area (Å²) in [5, 5.41) is 3.47. The zero-order valence-corrected chi connectivity index (χ0v) is 12.3. The van der Waals surface area contributed by atoms with Gasteiger partial charge in [0, 0.05) is 26.2 Å². The van der Waals surface area contributed by atoms with Gasteiger partial charge in [0.1, 0.15) is 0 Å². The molecule has 0 radical (unpaired) electrons. The number of nitrogens with one attached hydrogen (secondary N) is 1. The average molecular weight is 258 g/mol. The topological polar surface area (TPSA) is 15.3 Å². The Morgan fingerprint density at radius 3 is 2.89 bits per heavy atom. The first-order chi connectivity index (χ1) is 9.28. The Kier molecular flexibility index (Phi) is 5.62. The van der Waals surface area contributed by atoms with Crippen LogP contribution in [-0.2, 0) is 13.1 Å². The van der Waals surface area contributed by atoms with Crippen LogP contribution in [0.15, 0.2) is 35.9 Å². The van der Waals surface area contributed by atoms with Gasteiger partial charge in [0.2, 0.25) is 0 Å². The van der Waals surface area contributed by atoms with E-state index in [1.54, 1.807) is 0 Å². The predicted molar refractivity (Wildman–Crippen MR) is 82.1 cm³/mol. The first kappa shape index (κ1) is 14.3. The molecule has 0 spiro atoms. The summed E-state index contributed by atoms with van der Waals surface area (Å²) in [5.41, 5.74) is 4.34. The van der Waals surface area contributed by atoms with Crippen LogP contribution in [0, 0.1) is 0 Å². The molecule has 1 heterocycles. The van der Waals surface area contributed by atoms with Gasteiger partial charge < -0.3 is 5.32 Å². The third kappa shape index (κ3) is 4.81. The Morgan fingerprint density at radius 1 is 1.26 bits per heavy atom. The minimum Gasteiger partial charge on any atom is -0.313 e. The van der Waals surface area contributed by atoms with Crippen LogP contribution in [0.3, 0.4) is 0 Å². The van der Waals surface area contributed by atoms with Crippen LogP contribution in [0.4, 0.5) is 0 Å². The summed E-state index contributed by atoms with van der Waals surface area (Å²) >= 11 is 0. The van der Waals surface area contributed by atoms with Gasteiger partial charge in [-0.1, -0.05) is 42.8 Å². The summed E-state index contributed by atoms with van der Waals surface area (Å²) in [5.74, 6) is 0. The van der Waals surface area contributed by atoms with Gasteiger partial charge >= 0.3 is 0 Å². The molecule has 1 aromatic carbocycles. The standard InChI is InChI=1S/C17H26N2/c1-3-9-18-12-16-7-4-8-17(11-16)14-19-10-5-6-15(2)13-19/h4,6-8,11,18H,3,5,9-10,12-14H2,1-2H3. The van der Waals surface area contributed by atoms with E-state index in [0.29, 0.717) is 0 Å². The Hall–Kier alpha value is -1.12. The maximum Gasteiger partial charge on any atom is 0.0237 e. The van der Waals surface area contributed by atoms with E-state index in [1.807, 2.05) is 0 Å². The van der Waals surface area contributed by atoms with Crippen molar-refractivity contribution in [2.24, 2.45) is 0 Å². The molecular formula is C17H26N2. The molecule has 1 aromatic rings. The van der Waals surface area contributed by atoms with Crippen LogP contribution < -0.4 is 5.32 Å². The van der Waals surface area contributed by atoms with Crippen molar-refractivity contribution < 1.29 is 0 Å². The molecule has 1 aliphatic heterocycles. The average Bonchev–Trinajstić information content (AvgIpc) is 2.39. The van der Waals surface area contributed by atoms with Crippen LogP contribution in [0.1, 0.15) is 37.8 Å². The lowest BCUT2D eigenvalue weighted by atomic mass is 10.1. The SMILES string of the molecule is CCCNCc1cccc(CN2CCC=C(C)C2)c1. The minimum absolute atomic E-state index is 0.987. The van der Waals surface area contributed by atoms with Crippen molar-refractivity contribution in [2.45, 2.75) is 39.8 Å². The smallest absolute Gasteiger partial charge is 0.0237 e. The third-order valence-electron chi connectivity index (χ3n) is 3.56. The molecular weight excluding hydrogens is 232 g/mol. The highest BCUT2D eigenvalue weighted by Crippen LogP contribution is 2.14. The van der Waals surface area contributed by atoms with Crippen molar-refractivity contribution >= 4 is 0 Å². The van der Waals surface area contributed by atoms with E-state index >= 15 is 0 Å². The zero-order valence-electron chi connectivity index (χ0n) is 12.3. The summed E-state index contributed by atoms with van der Waals surface area (Å²) in [6, 6.07) is 8.99. The van der Waals surface area contributed by atoms with Gasteiger partial charge in [-0.15, -0.1) is 0 Å². The van der Waals surface area contributed by atoms with Crippen molar-refractivity contribution in [1.82, 2.24) is 10.2 Å². The summed E-state index contributed by atoms with van der Waals surface area (Å²) in [6.07, 6.45) is 4.75. The molecule has 0 amide bonds. The second-order valence-corrected chi connectivity index (χ2v) is 5.55. The van der Waals surface area contributed by atoms with Crippen LogP contribution in [0.5, 0.6) is 0 Å². The summed E-state index contributed by atoms with van der Waals surface area (Å²) in [4.78, 5) is 2.54. The molecule has 0 saturated carbocycles. The third-order valence-corrected chi connectivity index (χ3v) is 3.56. The van der Waals surface area contributed by atoms with Gasteiger partial charge in [-0.25, -0.2) is 0 Å². The maximum absolute atomic E-state index is 3.47. The van der Waals surface area contributed by atoms with E-state index in [2.05, 4.69) is 54.4 Å². The van der Waals surface area contributed by atoms with Crippen molar-refractivity contribution in [3.8, 4) is 0 Å². The molecule has 19 heavy (non-hydrogen) atoms. The van der Waals surface area contributed by atoms with Crippen LogP contribution in [0.2, 0.25) is 0 Å². The second-order valence-electron chi connectivity index (χ2n) is 5.55. The molecule has 104 valence electrons. The molecule has 2 rings (SSSR count). The van der Waals surface area contributed by atoms with Gasteiger partial charge in [0.15, 0.2) is 0 Å². The number of benzene rings is 1. The van der Waals surface area contributed by atoms with Crippen molar-refractivity contribution in [2.75, 3.05) is 19.6 Å². The number of nitrogens with zero attached hydrogens (tertiary/aromatic N) is 1. The molecule has 0 aliphatic carbocycles. The predicted octanol–water partition coefficient (Wildman–Crippen LogP) is 3.34. The first-order valence-corrected chi connectivity index (χ1v) is 7.44. The van der Waals surface area contributed by atoms with Crippen molar-refractivity contribution in [3.63, 3.8) is 0 Å².